The zero-order chi connectivity index (χ0) is 23.8. The lowest BCUT2D eigenvalue weighted by Gasteiger charge is -2.29. The van der Waals surface area contributed by atoms with Gasteiger partial charge in [-0.1, -0.05) is 49.8 Å². The Morgan fingerprint density at radius 1 is 1.36 bits per heavy atom. The Bertz CT molecular complexity index is 885. The van der Waals surface area contributed by atoms with Crippen LogP contribution in [0.5, 0.6) is 0 Å². The van der Waals surface area contributed by atoms with Gasteiger partial charge in [0.2, 0.25) is 12.3 Å². The van der Waals surface area contributed by atoms with Gasteiger partial charge in [-0.15, -0.1) is 0 Å². The first kappa shape index (κ1) is 25.4. The third-order valence-electron chi connectivity index (χ3n) is 6.22. The first-order chi connectivity index (χ1) is 15.9. The van der Waals surface area contributed by atoms with Gasteiger partial charge in [0.1, 0.15) is 5.84 Å². The van der Waals surface area contributed by atoms with Gasteiger partial charge in [-0.2, -0.15) is 0 Å². The number of fused-ring (bicyclic) bond motifs is 1. The largest absolute Gasteiger partial charge is 0.351 e. The van der Waals surface area contributed by atoms with Crippen molar-refractivity contribution in [2.45, 2.75) is 64.3 Å². The van der Waals surface area contributed by atoms with E-state index in [0.29, 0.717) is 25.2 Å². The number of nitrogens with one attached hydrogen (secondary N) is 1. The van der Waals surface area contributed by atoms with Crippen molar-refractivity contribution in [2.75, 3.05) is 20.1 Å². The Morgan fingerprint density at radius 2 is 2.12 bits per heavy atom. The van der Waals surface area contributed by atoms with Gasteiger partial charge in [0.05, 0.1) is 18.3 Å². The predicted molar refractivity (Wildman–Crippen MR) is 134 cm³/mol. The number of carbonyl (C=O) groups excluding carboxylic acids is 1. The summed E-state index contributed by atoms with van der Waals surface area (Å²) in [7, 11) is 1.66. The quantitative estimate of drug-likeness (QED) is 0.448. The van der Waals surface area contributed by atoms with Crippen molar-refractivity contribution in [3.8, 4) is 0 Å². The third kappa shape index (κ3) is 6.65. The second-order valence-electron chi connectivity index (χ2n) is 8.57. The van der Waals surface area contributed by atoms with Gasteiger partial charge in [0.15, 0.2) is 0 Å². The van der Waals surface area contributed by atoms with E-state index in [0.717, 1.165) is 47.7 Å². The molecule has 1 saturated carbocycles. The second-order valence-corrected chi connectivity index (χ2v) is 9.57. The number of alkyl halides is 2. The molecule has 3 rings (SSSR count). The Labute approximate surface area is 199 Å². The number of hydrogen-bond acceptors (Lipinski definition) is 5. The van der Waals surface area contributed by atoms with Crippen LogP contribution in [-0.4, -0.2) is 55.0 Å². The number of amidine groups is 1. The van der Waals surface area contributed by atoms with E-state index in [4.69, 9.17) is 4.99 Å². The van der Waals surface area contributed by atoms with Crippen molar-refractivity contribution in [3.05, 3.63) is 46.4 Å². The molecule has 5 nitrogen and oxygen atoms in total. The van der Waals surface area contributed by atoms with Crippen LogP contribution in [0.2, 0.25) is 0 Å². The molecule has 1 N–H and O–H groups in total. The standard InChI is InChI=1S/C25H34F2N4OS/c1-4-13-33-17(2)24-29-15-20(21(28-3)11-8-12-23(26)27)22-14-19(16-31(22)24)30-25(32)18-9-6-5-7-10-18/h4,8,11,13,18-19,23H,2,5-7,9-10,12,14-16H2,1,3H3,(H,30,32)/b11-8-,13-4-,28-21+. The lowest BCUT2D eigenvalue weighted by atomic mass is 9.88. The first-order valence-electron chi connectivity index (χ1n) is 11.7. The lowest BCUT2D eigenvalue weighted by molar-refractivity contribution is -0.126. The maximum Gasteiger partial charge on any atom is 0.242 e. The fourth-order valence-corrected chi connectivity index (χ4v) is 5.19. The number of aliphatic imine (C=N–C) groups is 2. The summed E-state index contributed by atoms with van der Waals surface area (Å²) in [6.45, 7) is 7.17. The molecule has 1 amide bonds. The molecule has 33 heavy (non-hydrogen) atoms. The average Bonchev–Trinajstić information content (AvgIpc) is 3.23. The van der Waals surface area contributed by atoms with E-state index in [1.54, 1.807) is 13.1 Å². The van der Waals surface area contributed by atoms with Gasteiger partial charge in [0.25, 0.3) is 0 Å². The zero-order valence-corrected chi connectivity index (χ0v) is 20.3. The number of thioether (sulfide) groups is 1. The molecule has 0 spiro atoms. The van der Waals surface area contributed by atoms with Crippen LogP contribution >= 0.6 is 11.8 Å². The summed E-state index contributed by atoms with van der Waals surface area (Å²) in [4.78, 5) is 25.0. The van der Waals surface area contributed by atoms with Gasteiger partial charge >= 0.3 is 0 Å². The number of hydrogen-bond donors (Lipinski definition) is 1. The molecule has 0 aromatic carbocycles. The van der Waals surface area contributed by atoms with Crippen molar-refractivity contribution < 1.29 is 13.6 Å². The summed E-state index contributed by atoms with van der Waals surface area (Å²) < 4.78 is 25.2. The molecule has 2 heterocycles. The molecule has 8 heteroatoms. The predicted octanol–water partition coefficient (Wildman–Crippen LogP) is 5.49. The molecule has 0 aromatic heterocycles. The fourth-order valence-electron chi connectivity index (χ4n) is 4.61. The van der Waals surface area contributed by atoms with E-state index in [1.807, 2.05) is 18.4 Å². The maximum atomic E-state index is 12.9. The van der Waals surface area contributed by atoms with E-state index < -0.39 is 6.43 Å². The van der Waals surface area contributed by atoms with E-state index >= 15 is 0 Å². The molecule has 0 bridgehead atoms. The molecule has 1 atom stereocenters. The molecule has 180 valence electrons. The number of nitrogens with zero attached hydrogens (tertiary/aromatic N) is 3. The Hall–Kier alpha value is -2.22. The molecule has 1 saturated heterocycles. The van der Waals surface area contributed by atoms with Crippen molar-refractivity contribution in [3.63, 3.8) is 0 Å². The third-order valence-corrected chi connectivity index (χ3v) is 7.09. The van der Waals surface area contributed by atoms with Crippen LogP contribution < -0.4 is 5.32 Å². The van der Waals surface area contributed by atoms with Crippen LogP contribution in [0.25, 0.3) is 0 Å². The first-order valence-corrected chi connectivity index (χ1v) is 12.6. The smallest absolute Gasteiger partial charge is 0.242 e. The molecule has 0 aromatic rings. The van der Waals surface area contributed by atoms with Gasteiger partial charge in [-0.3, -0.25) is 14.8 Å². The molecule has 0 radical (unpaired) electrons. The van der Waals surface area contributed by atoms with Crippen molar-refractivity contribution in [2.24, 2.45) is 15.9 Å². The van der Waals surface area contributed by atoms with Crippen LogP contribution in [0, 0.1) is 5.92 Å². The normalized spacial score (nSPS) is 22.5. The summed E-state index contributed by atoms with van der Waals surface area (Å²) in [5, 5.41) is 5.23. The van der Waals surface area contributed by atoms with Crippen LogP contribution in [0.4, 0.5) is 8.78 Å². The molecule has 1 unspecified atom stereocenters. The summed E-state index contributed by atoms with van der Waals surface area (Å²) in [5.41, 5.74) is 2.62. The number of amides is 1. The number of carbonyl (C=O) groups is 1. The van der Waals surface area contributed by atoms with Gasteiger partial charge in [0, 0.05) is 48.5 Å². The van der Waals surface area contributed by atoms with Gasteiger partial charge in [-0.25, -0.2) is 8.78 Å². The highest BCUT2D eigenvalue weighted by Gasteiger charge is 2.37. The topological polar surface area (TPSA) is 57.1 Å². The van der Waals surface area contributed by atoms with Crippen LogP contribution in [0.3, 0.4) is 0 Å². The summed E-state index contributed by atoms with van der Waals surface area (Å²) in [5.74, 6) is 1.05. The minimum Gasteiger partial charge on any atom is -0.351 e. The average molecular weight is 477 g/mol. The molecule has 2 fully saturated rings. The van der Waals surface area contributed by atoms with Crippen molar-refractivity contribution >= 4 is 29.2 Å². The monoisotopic (exact) mass is 476 g/mol. The molecule has 1 aliphatic carbocycles. The number of rotatable bonds is 9. The highest BCUT2D eigenvalue weighted by atomic mass is 32.2. The highest BCUT2D eigenvalue weighted by Crippen LogP contribution is 2.34. The van der Waals surface area contributed by atoms with Crippen LogP contribution in [0.15, 0.2) is 56.4 Å². The van der Waals surface area contributed by atoms with E-state index in [-0.39, 0.29) is 24.3 Å². The SMILES string of the molecule is C=C(S/C=C\C)C1=NCC(C(/C=C\CC(F)F)=N/C)=C2CC(NC(=O)C3CCCCC3)CN12. The maximum absolute atomic E-state index is 12.9. The summed E-state index contributed by atoms with van der Waals surface area (Å²) in [6, 6.07) is -0.0320. The molecular formula is C25H34F2N4OS. The minimum atomic E-state index is -2.39. The van der Waals surface area contributed by atoms with Crippen LogP contribution in [-0.2, 0) is 4.79 Å². The van der Waals surface area contributed by atoms with Gasteiger partial charge in [-0.05, 0) is 31.2 Å². The Balaban J connectivity index is 1.82. The number of allylic oxidation sites excluding steroid dienone is 3. The Kier molecular flexibility index (Phi) is 9.47. The number of halogens is 2. The molecular weight excluding hydrogens is 442 g/mol. The molecule has 2 aliphatic heterocycles. The van der Waals surface area contributed by atoms with E-state index in [2.05, 4.69) is 21.8 Å². The highest BCUT2D eigenvalue weighted by molar-refractivity contribution is 8.06. The lowest BCUT2D eigenvalue weighted by Crippen LogP contribution is -2.42. The van der Waals surface area contributed by atoms with E-state index in [9.17, 15) is 13.6 Å². The van der Waals surface area contributed by atoms with E-state index in [1.165, 1.54) is 24.3 Å². The van der Waals surface area contributed by atoms with Crippen molar-refractivity contribution in [1.29, 1.82) is 0 Å². The Morgan fingerprint density at radius 3 is 2.79 bits per heavy atom. The summed E-state index contributed by atoms with van der Waals surface area (Å²) in [6.07, 6.45) is 8.40. The van der Waals surface area contributed by atoms with Gasteiger partial charge < -0.3 is 10.2 Å². The summed E-state index contributed by atoms with van der Waals surface area (Å²) >= 11 is 1.52. The molecule has 3 aliphatic rings. The minimum absolute atomic E-state index is 0.0320. The second kappa shape index (κ2) is 12.3. The van der Waals surface area contributed by atoms with Crippen molar-refractivity contribution in [1.82, 2.24) is 10.2 Å². The zero-order valence-electron chi connectivity index (χ0n) is 19.5. The van der Waals surface area contributed by atoms with Crippen LogP contribution in [0.1, 0.15) is 51.9 Å². The fraction of sp³-hybridized carbons (Fsp3) is 0.560.